The highest BCUT2D eigenvalue weighted by molar-refractivity contribution is 5.92. The van der Waals surface area contributed by atoms with Crippen LogP contribution in [0.1, 0.15) is 32.8 Å². The molecular weight excluding hydrogens is 352 g/mol. The van der Waals surface area contributed by atoms with Crippen molar-refractivity contribution in [3.8, 4) is 0 Å². The average molecular weight is 376 g/mol. The van der Waals surface area contributed by atoms with E-state index in [1.165, 1.54) is 9.96 Å². The van der Waals surface area contributed by atoms with Gasteiger partial charge in [-0.05, 0) is 32.8 Å². The number of rotatable bonds is 5. The summed E-state index contributed by atoms with van der Waals surface area (Å²) in [6.07, 6.45) is 0.0691. The molecule has 0 saturated carbocycles. The van der Waals surface area contributed by atoms with Gasteiger partial charge in [-0.25, -0.2) is 14.7 Å². The van der Waals surface area contributed by atoms with Crippen LogP contribution in [0.25, 0.3) is 0 Å². The normalized spacial score (nSPS) is 21.5. The first-order valence-corrected chi connectivity index (χ1v) is 8.91. The highest BCUT2D eigenvalue weighted by atomic mass is 16.7. The van der Waals surface area contributed by atoms with E-state index in [1.54, 1.807) is 20.8 Å². The van der Waals surface area contributed by atoms with Gasteiger partial charge in [0, 0.05) is 6.54 Å². The van der Waals surface area contributed by atoms with Gasteiger partial charge in [0.25, 0.3) is 5.91 Å². The predicted octanol–water partition coefficient (Wildman–Crippen LogP) is 1.88. The maximum atomic E-state index is 12.3. The van der Waals surface area contributed by atoms with Crippen LogP contribution in [0.15, 0.2) is 30.3 Å². The van der Waals surface area contributed by atoms with Gasteiger partial charge < -0.3 is 9.47 Å². The summed E-state index contributed by atoms with van der Waals surface area (Å²) in [5, 5.41) is 1.17. The van der Waals surface area contributed by atoms with Crippen molar-refractivity contribution in [3.05, 3.63) is 35.9 Å². The molecule has 0 spiro atoms. The molecular formula is C19H24N2O6. The van der Waals surface area contributed by atoms with Crippen LogP contribution in [-0.2, 0) is 30.5 Å². The van der Waals surface area contributed by atoms with E-state index in [1.807, 2.05) is 30.3 Å². The number of amides is 2. The van der Waals surface area contributed by atoms with Gasteiger partial charge in [-0.3, -0.25) is 14.5 Å². The Morgan fingerprint density at radius 2 is 1.89 bits per heavy atom. The molecule has 8 nitrogen and oxygen atoms in total. The first-order valence-electron chi connectivity index (χ1n) is 8.91. The zero-order chi connectivity index (χ0) is 19.6. The van der Waals surface area contributed by atoms with E-state index >= 15 is 0 Å². The molecule has 2 aliphatic heterocycles. The van der Waals surface area contributed by atoms with Crippen LogP contribution in [0.4, 0.5) is 4.79 Å². The predicted molar refractivity (Wildman–Crippen MR) is 94.2 cm³/mol. The standard InChI is InChI=1S/C19H24N2O6/c1-19(2,3)27-18(24)20-10-9-14-16(20)17(23)21(14)26-12-15(22)25-11-13-7-5-4-6-8-13/h4-8,14,16H,9-12H2,1-3H3/t14-,16+/m1/s1. The van der Waals surface area contributed by atoms with Crippen molar-refractivity contribution in [1.29, 1.82) is 0 Å². The smallest absolute Gasteiger partial charge is 0.411 e. The van der Waals surface area contributed by atoms with Gasteiger partial charge in [-0.1, -0.05) is 30.3 Å². The molecule has 1 aromatic rings. The third-order valence-corrected chi connectivity index (χ3v) is 4.33. The van der Waals surface area contributed by atoms with E-state index in [4.69, 9.17) is 14.3 Å². The third-order valence-electron chi connectivity index (χ3n) is 4.33. The summed E-state index contributed by atoms with van der Waals surface area (Å²) in [5.41, 5.74) is 0.246. The second kappa shape index (κ2) is 7.56. The highest BCUT2D eigenvalue weighted by Gasteiger charge is 2.57. The second-order valence-corrected chi connectivity index (χ2v) is 7.56. The first-order chi connectivity index (χ1) is 12.8. The number of nitrogens with zero attached hydrogens (tertiary/aromatic N) is 2. The van der Waals surface area contributed by atoms with Crippen LogP contribution >= 0.6 is 0 Å². The molecule has 2 atom stereocenters. The van der Waals surface area contributed by atoms with Crippen LogP contribution in [0.5, 0.6) is 0 Å². The molecule has 0 bridgehead atoms. The molecule has 146 valence electrons. The minimum atomic E-state index is -0.624. The Morgan fingerprint density at radius 1 is 1.19 bits per heavy atom. The van der Waals surface area contributed by atoms with Gasteiger partial charge >= 0.3 is 12.1 Å². The fourth-order valence-corrected chi connectivity index (χ4v) is 3.12. The van der Waals surface area contributed by atoms with Crippen molar-refractivity contribution >= 4 is 18.0 Å². The van der Waals surface area contributed by atoms with E-state index < -0.39 is 23.7 Å². The van der Waals surface area contributed by atoms with Crippen molar-refractivity contribution in [3.63, 3.8) is 0 Å². The number of hydroxylamine groups is 2. The number of hydrogen-bond donors (Lipinski definition) is 0. The SMILES string of the molecule is CC(C)(C)OC(=O)N1CC[C@@H]2[C@H]1C(=O)N2OCC(=O)OCc1ccccc1. The fourth-order valence-electron chi connectivity index (χ4n) is 3.12. The van der Waals surface area contributed by atoms with Gasteiger partial charge in [-0.2, -0.15) is 0 Å². The molecule has 2 saturated heterocycles. The monoisotopic (exact) mass is 376 g/mol. The van der Waals surface area contributed by atoms with Gasteiger partial charge in [-0.15, -0.1) is 0 Å². The number of benzene rings is 1. The van der Waals surface area contributed by atoms with Crippen molar-refractivity contribution in [1.82, 2.24) is 9.96 Å². The van der Waals surface area contributed by atoms with Gasteiger partial charge in [0.2, 0.25) is 0 Å². The quantitative estimate of drug-likeness (QED) is 0.576. The maximum absolute atomic E-state index is 12.3. The Labute approximate surface area is 157 Å². The number of likely N-dealkylation sites (tertiary alicyclic amines) is 1. The highest BCUT2D eigenvalue weighted by Crippen LogP contribution is 2.34. The zero-order valence-electron chi connectivity index (χ0n) is 15.7. The lowest BCUT2D eigenvalue weighted by molar-refractivity contribution is -0.237. The third kappa shape index (κ3) is 4.39. The van der Waals surface area contributed by atoms with Crippen LogP contribution in [0, 0.1) is 0 Å². The second-order valence-electron chi connectivity index (χ2n) is 7.56. The maximum Gasteiger partial charge on any atom is 0.411 e. The van der Waals surface area contributed by atoms with E-state index in [0.717, 1.165) is 5.56 Å². The lowest BCUT2D eigenvalue weighted by Crippen LogP contribution is -2.67. The Bertz CT molecular complexity index is 715. The zero-order valence-corrected chi connectivity index (χ0v) is 15.7. The largest absolute Gasteiger partial charge is 0.459 e. The minimum Gasteiger partial charge on any atom is -0.459 e. The molecule has 0 aliphatic carbocycles. The molecule has 8 heteroatoms. The Balaban J connectivity index is 1.45. The van der Waals surface area contributed by atoms with E-state index in [0.29, 0.717) is 13.0 Å². The van der Waals surface area contributed by atoms with Gasteiger partial charge in [0.05, 0.1) is 6.04 Å². The molecule has 0 unspecified atom stereocenters. The molecule has 2 fully saturated rings. The molecule has 2 heterocycles. The molecule has 2 aliphatic rings. The van der Waals surface area contributed by atoms with Crippen LogP contribution in [0.3, 0.4) is 0 Å². The summed E-state index contributed by atoms with van der Waals surface area (Å²) >= 11 is 0. The summed E-state index contributed by atoms with van der Waals surface area (Å²) in [6, 6.07) is 8.45. The summed E-state index contributed by atoms with van der Waals surface area (Å²) < 4.78 is 10.5. The lowest BCUT2D eigenvalue weighted by Gasteiger charge is -2.43. The van der Waals surface area contributed by atoms with Crippen molar-refractivity contribution in [2.75, 3.05) is 13.2 Å². The molecule has 3 rings (SSSR count). The van der Waals surface area contributed by atoms with Crippen LogP contribution in [0.2, 0.25) is 0 Å². The molecule has 0 N–H and O–H groups in total. The number of esters is 1. The minimum absolute atomic E-state index is 0.148. The van der Waals surface area contributed by atoms with E-state index in [2.05, 4.69) is 0 Å². The molecule has 0 aromatic heterocycles. The number of carbonyl (C=O) groups excluding carboxylic acids is 3. The molecule has 27 heavy (non-hydrogen) atoms. The lowest BCUT2D eigenvalue weighted by atomic mass is 9.99. The Hall–Kier alpha value is -2.61. The van der Waals surface area contributed by atoms with Gasteiger partial charge in [0.1, 0.15) is 18.2 Å². The van der Waals surface area contributed by atoms with Crippen LogP contribution in [-0.4, -0.2) is 58.8 Å². The molecule has 0 radical (unpaired) electrons. The van der Waals surface area contributed by atoms with Crippen molar-refractivity contribution < 1.29 is 28.7 Å². The number of fused-ring (bicyclic) bond motifs is 1. The average Bonchev–Trinajstić information content (AvgIpc) is 3.00. The molecule has 1 aromatic carbocycles. The summed E-state index contributed by atoms with van der Waals surface area (Å²) in [5.74, 6) is -0.906. The van der Waals surface area contributed by atoms with E-state index in [9.17, 15) is 14.4 Å². The molecule has 2 amide bonds. The summed E-state index contributed by atoms with van der Waals surface area (Å²) in [4.78, 5) is 43.1. The fraction of sp³-hybridized carbons (Fsp3) is 0.526. The van der Waals surface area contributed by atoms with Gasteiger partial charge in [0.15, 0.2) is 6.61 Å². The van der Waals surface area contributed by atoms with Crippen LogP contribution < -0.4 is 0 Å². The summed E-state index contributed by atoms with van der Waals surface area (Å²) in [6.45, 7) is 5.53. The number of β-lactam (4-membered cyclic amide) rings is 1. The summed E-state index contributed by atoms with van der Waals surface area (Å²) in [7, 11) is 0. The first kappa shape index (κ1) is 19.2. The topological polar surface area (TPSA) is 85.4 Å². The Kier molecular flexibility index (Phi) is 5.36. The number of carbonyl (C=O) groups is 3. The van der Waals surface area contributed by atoms with Crippen molar-refractivity contribution in [2.45, 2.75) is 51.5 Å². The number of hydrogen-bond acceptors (Lipinski definition) is 6. The Morgan fingerprint density at radius 3 is 2.56 bits per heavy atom. The van der Waals surface area contributed by atoms with E-state index in [-0.39, 0.29) is 25.2 Å². The number of ether oxygens (including phenoxy) is 2. The van der Waals surface area contributed by atoms with Crippen molar-refractivity contribution in [2.24, 2.45) is 0 Å².